The van der Waals surface area contributed by atoms with Crippen molar-refractivity contribution < 1.29 is 14.7 Å². The number of thiazole rings is 1. The zero-order valence-electron chi connectivity index (χ0n) is 7.70. The van der Waals surface area contributed by atoms with Crippen LogP contribution in [0.4, 0.5) is 0 Å². The van der Waals surface area contributed by atoms with Crippen LogP contribution in [0.3, 0.4) is 0 Å². The van der Waals surface area contributed by atoms with Crippen LogP contribution in [0, 0.1) is 12.4 Å². The number of aromatic nitrogens is 1. The molecule has 0 aromatic carbocycles. The predicted molar refractivity (Wildman–Crippen MR) is 50.3 cm³/mol. The maximum Gasteiger partial charge on any atom is 0.325 e. The zero-order valence-corrected chi connectivity index (χ0v) is 8.51. The van der Waals surface area contributed by atoms with Crippen molar-refractivity contribution in [2.24, 2.45) is 0 Å². The Hall–Kier alpha value is -1.43. The van der Waals surface area contributed by atoms with Crippen molar-refractivity contribution in [2.75, 3.05) is 0 Å². The van der Waals surface area contributed by atoms with Crippen LogP contribution in [-0.4, -0.2) is 28.0 Å². The third kappa shape index (κ3) is 2.29. The molecule has 1 rings (SSSR count). The SMILES string of the molecule is Cc1n[c]sc1C(=O)N[C@H](C)C(=O)O. The Morgan fingerprint density at radius 3 is 2.71 bits per heavy atom. The van der Waals surface area contributed by atoms with Crippen molar-refractivity contribution in [3.8, 4) is 0 Å². The highest BCUT2D eigenvalue weighted by atomic mass is 32.1. The van der Waals surface area contributed by atoms with Crippen LogP contribution in [0.2, 0.25) is 0 Å². The van der Waals surface area contributed by atoms with Gasteiger partial charge in [0, 0.05) is 0 Å². The minimum Gasteiger partial charge on any atom is -0.480 e. The number of rotatable bonds is 3. The van der Waals surface area contributed by atoms with E-state index in [2.05, 4.69) is 15.8 Å². The lowest BCUT2D eigenvalue weighted by molar-refractivity contribution is -0.138. The van der Waals surface area contributed by atoms with Crippen LogP contribution >= 0.6 is 11.3 Å². The highest BCUT2D eigenvalue weighted by Crippen LogP contribution is 2.10. The second-order valence-corrected chi connectivity index (χ2v) is 3.55. The summed E-state index contributed by atoms with van der Waals surface area (Å²) in [6, 6.07) is -0.899. The van der Waals surface area contributed by atoms with Crippen molar-refractivity contribution in [3.05, 3.63) is 16.1 Å². The molecule has 0 aliphatic carbocycles. The molecule has 6 heteroatoms. The summed E-state index contributed by atoms with van der Waals surface area (Å²) in [4.78, 5) is 26.0. The summed E-state index contributed by atoms with van der Waals surface area (Å²) in [5.74, 6) is -1.49. The van der Waals surface area contributed by atoms with Crippen molar-refractivity contribution in [2.45, 2.75) is 19.9 Å². The van der Waals surface area contributed by atoms with Crippen LogP contribution in [0.25, 0.3) is 0 Å². The standard InChI is InChI=1S/C8H9N2O3S/c1-4-6(14-3-9-4)7(11)10-5(2)8(12)13/h5H,1-2H3,(H,10,11)(H,12,13)/t5-/m1/s1. The quantitative estimate of drug-likeness (QED) is 0.764. The van der Waals surface area contributed by atoms with Gasteiger partial charge in [0.05, 0.1) is 5.69 Å². The van der Waals surface area contributed by atoms with Gasteiger partial charge in [0.25, 0.3) is 5.91 Å². The molecule has 0 saturated carbocycles. The number of nitrogens with zero attached hydrogens (tertiary/aromatic N) is 1. The molecule has 0 fully saturated rings. The van der Waals surface area contributed by atoms with E-state index >= 15 is 0 Å². The fraction of sp³-hybridized carbons (Fsp3) is 0.375. The van der Waals surface area contributed by atoms with Gasteiger partial charge in [0.2, 0.25) is 0 Å². The van der Waals surface area contributed by atoms with Gasteiger partial charge in [-0.2, -0.15) is 0 Å². The molecule has 1 amide bonds. The molecule has 0 aliphatic rings. The first kappa shape index (κ1) is 10.6. The van der Waals surface area contributed by atoms with E-state index < -0.39 is 17.9 Å². The molecular formula is C8H9N2O3S. The van der Waals surface area contributed by atoms with Crippen LogP contribution in [-0.2, 0) is 4.79 Å². The third-order valence-corrected chi connectivity index (χ3v) is 2.48. The van der Waals surface area contributed by atoms with Gasteiger partial charge in [0.1, 0.15) is 10.9 Å². The predicted octanol–water partition coefficient (Wildman–Crippen LogP) is 0.455. The Morgan fingerprint density at radius 1 is 1.64 bits per heavy atom. The summed E-state index contributed by atoms with van der Waals surface area (Å²) in [5.41, 5.74) is 3.13. The lowest BCUT2D eigenvalue weighted by atomic mass is 10.3. The second-order valence-electron chi connectivity index (χ2n) is 2.75. The molecule has 1 aromatic heterocycles. The van der Waals surface area contributed by atoms with Gasteiger partial charge in [0.15, 0.2) is 5.51 Å². The van der Waals surface area contributed by atoms with Gasteiger partial charge < -0.3 is 10.4 Å². The van der Waals surface area contributed by atoms with E-state index in [0.29, 0.717) is 10.6 Å². The normalized spacial score (nSPS) is 12.1. The van der Waals surface area contributed by atoms with E-state index in [-0.39, 0.29) is 0 Å². The first-order valence-corrected chi connectivity index (χ1v) is 4.71. The number of carboxylic acids is 1. The summed E-state index contributed by atoms with van der Waals surface area (Å²) < 4.78 is 0. The molecule has 5 nitrogen and oxygen atoms in total. The maximum absolute atomic E-state index is 11.4. The van der Waals surface area contributed by atoms with E-state index in [4.69, 9.17) is 5.11 Å². The monoisotopic (exact) mass is 213 g/mol. The Kier molecular flexibility index (Phi) is 3.19. The summed E-state index contributed by atoms with van der Waals surface area (Å²) in [6.07, 6.45) is 0. The molecule has 2 N–H and O–H groups in total. The summed E-state index contributed by atoms with van der Waals surface area (Å²) in [6.45, 7) is 3.08. The lowest BCUT2D eigenvalue weighted by Crippen LogP contribution is -2.38. The molecule has 14 heavy (non-hydrogen) atoms. The molecule has 0 bridgehead atoms. The van der Waals surface area contributed by atoms with Crippen molar-refractivity contribution in [1.82, 2.24) is 10.3 Å². The lowest BCUT2D eigenvalue weighted by Gasteiger charge is -2.07. The van der Waals surface area contributed by atoms with Gasteiger partial charge in [-0.05, 0) is 13.8 Å². The molecule has 1 heterocycles. The molecule has 0 saturated heterocycles. The first-order valence-electron chi connectivity index (χ1n) is 3.89. The number of carbonyl (C=O) groups is 2. The number of aryl methyl sites for hydroxylation is 1. The Balaban J connectivity index is 2.69. The average Bonchev–Trinajstić information content (AvgIpc) is 2.51. The van der Waals surface area contributed by atoms with E-state index in [0.717, 1.165) is 11.3 Å². The Morgan fingerprint density at radius 2 is 2.29 bits per heavy atom. The van der Waals surface area contributed by atoms with E-state index in [1.54, 1.807) is 6.92 Å². The van der Waals surface area contributed by atoms with E-state index in [9.17, 15) is 9.59 Å². The summed E-state index contributed by atoms with van der Waals surface area (Å²) in [5, 5.41) is 10.9. The van der Waals surface area contributed by atoms with Gasteiger partial charge in [-0.1, -0.05) is 0 Å². The van der Waals surface area contributed by atoms with Crippen LogP contribution in [0.15, 0.2) is 0 Å². The largest absolute Gasteiger partial charge is 0.480 e. The number of hydrogen-bond acceptors (Lipinski definition) is 4. The minimum absolute atomic E-state index is 0.401. The average molecular weight is 213 g/mol. The number of carboxylic acid groups (broad SMARTS) is 1. The minimum atomic E-state index is -1.07. The summed E-state index contributed by atoms with van der Waals surface area (Å²) in [7, 11) is 0. The molecule has 0 unspecified atom stereocenters. The third-order valence-electron chi connectivity index (χ3n) is 1.61. The fourth-order valence-corrected chi connectivity index (χ4v) is 1.41. The van der Waals surface area contributed by atoms with E-state index in [1.165, 1.54) is 6.92 Å². The van der Waals surface area contributed by atoms with Crippen molar-refractivity contribution in [3.63, 3.8) is 0 Å². The smallest absolute Gasteiger partial charge is 0.325 e. The topological polar surface area (TPSA) is 79.3 Å². The first-order chi connectivity index (χ1) is 6.52. The molecule has 0 spiro atoms. The summed E-state index contributed by atoms with van der Waals surface area (Å²) >= 11 is 1.07. The van der Waals surface area contributed by atoms with Gasteiger partial charge in [-0.3, -0.25) is 9.59 Å². The molecule has 1 atom stereocenters. The second kappa shape index (κ2) is 4.19. The molecule has 0 aliphatic heterocycles. The number of amides is 1. The Labute approximate surface area is 84.8 Å². The van der Waals surface area contributed by atoms with Crippen LogP contribution in [0.1, 0.15) is 22.3 Å². The molecule has 75 valence electrons. The number of hydrogen-bond donors (Lipinski definition) is 2. The van der Waals surface area contributed by atoms with Crippen LogP contribution < -0.4 is 5.32 Å². The van der Waals surface area contributed by atoms with Gasteiger partial charge in [-0.25, -0.2) is 4.98 Å². The van der Waals surface area contributed by atoms with Crippen LogP contribution in [0.5, 0.6) is 0 Å². The maximum atomic E-state index is 11.4. The van der Waals surface area contributed by atoms with Gasteiger partial charge >= 0.3 is 5.97 Å². The highest BCUT2D eigenvalue weighted by molar-refractivity contribution is 7.11. The number of nitrogens with one attached hydrogen (secondary N) is 1. The van der Waals surface area contributed by atoms with Gasteiger partial charge in [-0.15, -0.1) is 11.3 Å². The zero-order chi connectivity index (χ0) is 10.7. The highest BCUT2D eigenvalue weighted by Gasteiger charge is 2.17. The Bertz CT molecular complexity index is 361. The molecule has 1 radical (unpaired) electrons. The fourth-order valence-electron chi connectivity index (χ4n) is 0.796. The van der Waals surface area contributed by atoms with E-state index in [1.807, 2.05) is 0 Å². The number of carbonyl (C=O) groups excluding carboxylic acids is 1. The molecule has 1 aromatic rings. The van der Waals surface area contributed by atoms with Crippen molar-refractivity contribution >= 4 is 23.2 Å². The molecular weight excluding hydrogens is 204 g/mol. The van der Waals surface area contributed by atoms with Crippen molar-refractivity contribution in [1.29, 1.82) is 0 Å². The number of aliphatic carboxylic acids is 1.